The molecule has 4 nitrogen and oxygen atoms in total. The Morgan fingerprint density at radius 3 is 2.80 bits per heavy atom. The number of hydrogen-bond donors (Lipinski definition) is 0. The molecule has 1 atom stereocenters. The van der Waals surface area contributed by atoms with Crippen molar-refractivity contribution in [2.45, 2.75) is 12.8 Å². The van der Waals surface area contributed by atoms with E-state index >= 15 is 0 Å². The fraction of sp³-hybridized carbons (Fsp3) is 0.333. The Kier molecular flexibility index (Phi) is 4.22. The van der Waals surface area contributed by atoms with Crippen molar-refractivity contribution in [2.75, 3.05) is 13.7 Å². The zero-order valence-electron chi connectivity index (χ0n) is 11.0. The van der Waals surface area contributed by atoms with Crippen LogP contribution in [0.5, 0.6) is 5.75 Å². The summed E-state index contributed by atoms with van der Waals surface area (Å²) in [6.07, 6.45) is 1.15. The highest BCUT2D eigenvalue weighted by Crippen LogP contribution is 2.32. The maximum atomic E-state index is 13.2. The van der Waals surface area contributed by atoms with Crippen molar-refractivity contribution in [3.8, 4) is 17.9 Å². The third-order valence-corrected chi connectivity index (χ3v) is 3.28. The molecule has 0 spiro atoms. The second-order valence-corrected chi connectivity index (χ2v) is 4.46. The molecule has 1 aliphatic heterocycles. The van der Waals surface area contributed by atoms with E-state index in [-0.39, 0.29) is 17.3 Å². The van der Waals surface area contributed by atoms with Gasteiger partial charge in [0.25, 0.3) is 0 Å². The van der Waals surface area contributed by atoms with Crippen LogP contribution in [0.4, 0.5) is 4.39 Å². The van der Waals surface area contributed by atoms with Gasteiger partial charge in [-0.1, -0.05) is 6.07 Å². The number of nitrogens with zero attached hydrogens (tertiary/aromatic N) is 2. The van der Waals surface area contributed by atoms with Gasteiger partial charge in [-0.15, -0.1) is 0 Å². The molecule has 1 aromatic rings. The zero-order valence-corrected chi connectivity index (χ0v) is 11.0. The van der Waals surface area contributed by atoms with Crippen LogP contribution >= 0.6 is 0 Å². The van der Waals surface area contributed by atoms with Gasteiger partial charge in [-0.2, -0.15) is 10.5 Å². The number of methoxy groups -OCH3 is 1. The summed E-state index contributed by atoms with van der Waals surface area (Å²) in [6.45, 7) is 0.387. The van der Waals surface area contributed by atoms with Crippen LogP contribution in [0.15, 0.2) is 29.5 Å². The summed E-state index contributed by atoms with van der Waals surface area (Å²) in [4.78, 5) is 0. The van der Waals surface area contributed by atoms with Crippen molar-refractivity contribution >= 4 is 0 Å². The molecule has 102 valence electrons. The summed E-state index contributed by atoms with van der Waals surface area (Å²) in [5.41, 5.74) is 0.821. The molecule has 0 aliphatic carbocycles. The van der Waals surface area contributed by atoms with Crippen molar-refractivity contribution in [3.63, 3.8) is 0 Å². The van der Waals surface area contributed by atoms with Crippen molar-refractivity contribution < 1.29 is 13.9 Å². The van der Waals surface area contributed by atoms with E-state index < -0.39 is 0 Å². The Morgan fingerprint density at radius 1 is 1.40 bits per heavy atom. The highest BCUT2D eigenvalue weighted by atomic mass is 19.1. The van der Waals surface area contributed by atoms with Gasteiger partial charge in [-0.05, 0) is 24.5 Å². The summed E-state index contributed by atoms with van der Waals surface area (Å²) in [5.74, 6) is 0.412. The highest BCUT2D eigenvalue weighted by molar-refractivity contribution is 5.41. The minimum absolute atomic E-state index is 0.0249. The van der Waals surface area contributed by atoms with Crippen LogP contribution in [0, 0.1) is 34.4 Å². The van der Waals surface area contributed by atoms with E-state index in [0.29, 0.717) is 31.0 Å². The van der Waals surface area contributed by atoms with Crippen LogP contribution in [0.1, 0.15) is 12.0 Å². The Labute approximate surface area is 116 Å². The molecule has 1 aromatic carbocycles. The Balaban J connectivity index is 2.37. The quantitative estimate of drug-likeness (QED) is 0.613. The minimum Gasteiger partial charge on any atom is -0.499 e. The van der Waals surface area contributed by atoms with Gasteiger partial charge in [0.2, 0.25) is 0 Å². The average Bonchev–Trinajstić information content (AvgIpc) is 2.66. The SMILES string of the molecule is COC(=C(C#N)C#N)C1CCOc2cc(F)ccc2C1. The lowest BCUT2D eigenvalue weighted by Gasteiger charge is -2.16. The van der Waals surface area contributed by atoms with Crippen LogP contribution in [0.25, 0.3) is 0 Å². The molecule has 1 unspecified atom stereocenters. The van der Waals surface area contributed by atoms with Crippen LogP contribution in [0.3, 0.4) is 0 Å². The standard InChI is InChI=1S/C15H13FN2O2/c1-19-15(12(8-17)9-18)11-4-5-20-14-7-13(16)3-2-10(14)6-11/h2-3,7,11H,4-6H2,1H3. The van der Waals surface area contributed by atoms with E-state index in [0.717, 1.165) is 5.56 Å². The molecule has 0 bridgehead atoms. The van der Waals surface area contributed by atoms with E-state index in [4.69, 9.17) is 20.0 Å². The van der Waals surface area contributed by atoms with E-state index in [1.165, 1.54) is 19.2 Å². The topological polar surface area (TPSA) is 66.0 Å². The molecule has 20 heavy (non-hydrogen) atoms. The number of rotatable bonds is 2. The number of allylic oxidation sites excluding steroid dienone is 2. The van der Waals surface area contributed by atoms with Gasteiger partial charge in [-0.25, -0.2) is 4.39 Å². The van der Waals surface area contributed by atoms with Crippen LogP contribution in [-0.4, -0.2) is 13.7 Å². The number of fused-ring (bicyclic) bond motifs is 1. The highest BCUT2D eigenvalue weighted by Gasteiger charge is 2.25. The van der Waals surface area contributed by atoms with Crippen molar-refractivity contribution in [3.05, 3.63) is 40.9 Å². The summed E-state index contributed by atoms with van der Waals surface area (Å²) >= 11 is 0. The molecule has 0 saturated heterocycles. The van der Waals surface area contributed by atoms with Crippen LogP contribution < -0.4 is 4.74 Å². The van der Waals surface area contributed by atoms with Crippen molar-refractivity contribution in [1.29, 1.82) is 10.5 Å². The summed E-state index contributed by atoms with van der Waals surface area (Å²) in [7, 11) is 1.45. The largest absolute Gasteiger partial charge is 0.499 e. The molecular weight excluding hydrogens is 259 g/mol. The van der Waals surface area contributed by atoms with Gasteiger partial charge in [0.15, 0.2) is 5.57 Å². The monoisotopic (exact) mass is 272 g/mol. The predicted molar refractivity (Wildman–Crippen MR) is 69.0 cm³/mol. The Bertz CT molecular complexity index is 610. The molecule has 1 aliphatic rings. The number of hydrogen-bond acceptors (Lipinski definition) is 4. The normalized spacial score (nSPS) is 16.7. The summed E-state index contributed by atoms with van der Waals surface area (Å²) in [6, 6.07) is 8.08. The molecule has 0 amide bonds. The maximum absolute atomic E-state index is 13.2. The first-order valence-electron chi connectivity index (χ1n) is 6.19. The molecule has 0 radical (unpaired) electrons. The van der Waals surface area contributed by atoms with Gasteiger partial charge in [0.05, 0.1) is 13.7 Å². The summed E-state index contributed by atoms with van der Waals surface area (Å²) in [5, 5.41) is 17.9. The molecule has 5 heteroatoms. The van der Waals surface area contributed by atoms with Gasteiger partial charge in [0.1, 0.15) is 29.5 Å². The molecule has 0 N–H and O–H groups in total. The average molecular weight is 272 g/mol. The van der Waals surface area contributed by atoms with E-state index in [1.54, 1.807) is 6.07 Å². The molecule has 0 fully saturated rings. The first-order chi connectivity index (χ1) is 9.69. The minimum atomic E-state index is -0.348. The number of benzene rings is 1. The van der Waals surface area contributed by atoms with Crippen molar-refractivity contribution in [2.24, 2.45) is 5.92 Å². The second-order valence-electron chi connectivity index (χ2n) is 4.46. The van der Waals surface area contributed by atoms with Gasteiger partial charge >= 0.3 is 0 Å². The Morgan fingerprint density at radius 2 is 2.15 bits per heavy atom. The smallest absolute Gasteiger partial charge is 0.167 e. The molecule has 2 rings (SSSR count). The van der Waals surface area contributed by atoms with Gasteiger partial charge in [0, 0.05) is 12.0 Å². The van der Waals surface area contributed by atoms with Crippen molar-refractivity contribution in [1.82, 2.24) is 0 Å². The first kappa shape index (κ1) is 13.9. The number of nitriles is 2. The molecule has 0 saturated carbocycles. The van der Waals surface area contributed by atoms with E-state index in [1.807, 2.05) is 12.1 Å². The number of halogens is 1. The Hall–Kier alpha value is -2.53. The van der Waals surface area contributed by atoms with Crippen LogP contribution in [0.2, 0.25) is 0 Å². The van der Waals surface area contributed by atoms with Gasteiger partial charge in [-0.3, -0.25) is 0 Å². The molecular formula is C15H13FN2O2. The molecule has 1 heterocycles. The first-order valence-corrected chi connectivity index (χ1v) is 6.19. The lowest BCUT2D eigenvalue weighted by atomic mass is 9.93. The number of ether oxygens (including phenoxy) is 2. The fourth-order valence-corrected chi connectivity index (χ4v) is 2.34. The second kappa shape index (κ2) is 6.08. The maximum Gasteiger partial charge on any atom is 0.167 e. The van der Waals surface area contributed by atoms with Gasteiger partial charge < -0.3 is 9.47 Å². The lowest BCUT2D eigenvalue weighted by Crippen LogP contribution is -2.12. The fourth-order valence-electron chi connectivity index (χ4n) is 2.34. The van der Waals surface area contributed by atoms with E-state index in [9.17, 15) is 4.39 Å². The van der Waals surface area contributed by atoms with Crippen LogP contribution in [-0.2, 0) is 11.2 Å². The lowest BCUT2D eigenvalue weighted by molar-refractivity contribution is 0.219. The predicted octanol–water partition coefficient (Wildman–Crippen LogP) is 2.71. The summed E-state index contributed by atoms with van der Waals surface area (Å²) < 4.78 is 23.9. The zero-order chi connectivity index (χ0) is 14.5. The third-order valence-electron chi connectivity index (χ3n) is 3.28. The third kappa shape index (κ3) is 2.73. The molecule has 0 aromatic heterocycles. The van der Waals surface area contributed by atoms with E-state index in [2.05, 4.69) is 0 Å².